The van der Waals surface area contributed by atoms with Gasteiger partial charge in [0.1, 0.15) is 0 Å². The van der Waals surface area contributed by atoms with Crippen LogP contribution in [0.1, 0.15) is 32.6 Å². The molecular weight excluding hydrogens is 180 g/mol. The molecule has 0 bridgehead atoms. The van der Waals surface area contributed by atoms with Gasteiger partial charge in [0.2, 0.25) is 0 Å². The quantitative estimate of drug-likeness (QED) is 0.749. The first-order valence-corrected chi connectivity index (χ1v) is 6.21. The first kappa shape index (κ1) is 9.38. The molecule has 1 aliphatic carbocycles. The van der Waals surface area contributed by atoms with Crippen molar-refractivity contribution in [2.75, 3.05) is 13.1 Å². The molecule has 2 nitrogen and oxygen atoms in total. The van der Waals surface area contributed by atoms with Crippen molar-refractivity contribution >= 4 is 16.9 Å². The molecule has 13 heavy (non-hydrogen) atoms. The molecule has 1 unspecified atom stereocenters. The van der Waals surface area contributed by atoms with Crippen LogP contribution in [0, 0.1) is 5.92 Å². The molecular formula is C10H18N2S. The van der Waals surface area contributed by atoms with Gasteiger partial charge in [0.25, 0.3) is 0 Å². The van der Waals surface area contributed by atoms with Gasteiger partial charge in [-0.25, -0.2) is 0 Å². The molecule has 0 aromatic carbocycles. The molecule has 1 saturated carbocycles. The van der Waals surface area contributed by atoms with Crippen LogP contribution in [0.15, 0.2) is 4.99 Å². The van der Waals surface area contributed by atoms with E-state index in [2.05, 4.69) is 17.2 Å². The Labute approximate surface area is 84.6 Å². The van der Waals surface area contributed by atoms with E-state index in [-0.39, 0.29) is 0 Å². The van der Waals surface area contributed by atoms with Crippen molar-refractivity contribution in [1.82, 2.24) is 5.32 Å². The summed E-state index contributed by atoms with van der Waals surface area (Å²) in [6, 6.07) is 0. The van der Waals surface area contributed by atoms with Gasteiger partial charge in [0.05, 0.1) is 6.54 Å². The maximum absolute atomic E-state index is 4.50. The predicted molar refractivity (Wildman–Crippen MR) is 59.3 cm³/mol. The van der Waals surface area contributed by atoms with Gasteiger partial charge in [0.15, 0.2) is 5.17 Å². The molecule has 1 fully saturated rings. The van der Waals surface area contributed by atoms with Gasteiger partial charge < -0.3 is 5.32 Å². The Hall–Kier alpha value is -0.180. The summed E-state index contributed by atoms with van der Waals surface area (Å²) >= 11 is 1.94. The normalized spacial score (nSPS) is 27.5. The summed E-state index contributed by atoms with van der Waals surface area (Å²) in [6.45, 7) is 4.44. The van der Waals surface area contributed by atoms with Crippen molar-refractivity contribution in [3.63, 3.8) is 0 Å². The van der Waals surface area contributed by atoms with Crippen molar-refractivity contribution < 1.29 is 0 Å². The second-order valence-corrected chi connectivity index (χ2v) is 5.29. The molecule has 0 amide bonds. The van der Waals surface area contributed by atoms with Crippen LogP contribution >= 0.6 is 11.8 Å². The average Bonchev–Trinajstić information content (AvgIpc) is 2.85. The molecule has 0 aromatic rings. The Morgan fingerprint density at radius 3 is 3.08 bits per heavy atom. The minimum Gasteiger partial charge on any atom is -0.365 e. The van der Waals surface area contributed by atoms with E-state index in [4.69, 9.17) is 0 Å². The second kappa shape index (κ2) is 4.36. The van der Waals surface area contributed by atoms with Crippen LogP contribution < -0.4 is 5.32 Å². The molecule has 1 N–H and O–H groups in total. The van der Waals surface area contributed by atoms with Gasteiger partial charge >= 0.3 is 0 Å². The SMILES string of the molecule is CCCC1CN=C(NCC2CC2)S1. The molecule has 2 aliphatic rings. The third-order valence-corrected chi connectivity index (χ3v) is 3.78. The summed E-state index contributed by atoms with van der Waals surface area (Å²) in [5.74, 6) is 0.952. The summed E-state index contributed by atoms with van der Waals surface area (Å²) in [7, 11) is 0. The lowest BCUT2D eigenvalue weighted by Crippen LogP contribution is -2.21. The van der Waals surface area contributed by atoms with Gasteiger partial charge in [-0.15, -0.1) is 0 Å². The van der Waals surface area contributed by atoms with Gasteiger partial charge in [-0.3, -0.25) is 4.99 Å². The molecule has 1 aliphatic heterocycles. The van der Waals surface area contributed by atoms with Crippen LogP contribution in [0.25, 0.3) is 0 Å². The zero-order valence-corrected chi connectivity index (χ0v) is 9.07. The monoisotopic (exact) mass is 198 g/mol. The molecule has 0 saturated heterocycles. The Morgan fingerprint density at radius 2 is 2.38 bits per heavy atom. The molecule has 0 aromatic heterocycles. The number of nitrogens with zero attached hydrogens (tertiary/aromatic N) is 1. The predicted octanol–water partition coefficient (Wildman–Crippen LogP) is 2.26. The molecule has 3 heteroatoms. The molecule has 1 atom stereocenters. The number of hydrogen-bond donors (Lipinski definition) is 1. The number of rotatable bonds is 4. The number of nitrogens with one attached hydrogen (secondary N) is 1. The van der Waals surface area contributed by atoms with E-state index in [1.165, 1.54) is 30.9 Å². The zero-order chi connectivity index (χ0) is 9.10. The van der Waals surface area contributed by atoms with Gasteiger partial charge in [-0.2, -0.15) is 0 Å². The zero-order valence-electron chi connectivity index (χ0n) is 8.25. The summed E-state index contributed by atoms with van der Waals surface area (Å²) < 4.78 is 0. The highest BCUT2D eigenvalue weighted by atomic mass is 32.2. The lowest BCUT2D eigenvalue weighted by molar-refractivity contribution is 0.751. The standard InChI is InChI=1S/C10H18N2S/c1-2-3-9-7-12-10(13-9)11-6-8-4-5-8/h8-9H,2-7H2,1H3,(H,11,12). The molecule has 0 spiro atoms. The van der Waals surface area contributed by atoms with E-state index < -0.39 is 0 Å². The van der Waals surface area contributed by atoms with Crippen LogP contribution in [-0.2, 0) is 0 Å². The maximum atomic E-state index is 4.50. The van der Waals surface area contributed by atoms with Crippen LogP contribution in [0.3, 0.4) is 0 Å². The maximum Gasteiger partial charge on any atom is 0.156 e. The van der Waals surface area contributed by atoms with E-state index in [1.54, 1.807) is 0 Å². The lowest BCUT2D eigenvalue weighted by Gasteiger charge is -2.06. The van der Waals surface area contributed by atoms with Crippen LogP contribution in [0.4, 0.5) is 0 Å². The van der Waals surface area contributed by atoms with Gasteiger partial charge in [-0.05, 0) is 25.2 Å². The third-order valence-electron chi connectivity index (χ3n) is 2.57. The summed E-state index contributed by atoms with van der Waals surface area (Å²) in [4.78, 5) is 4.50. The van der Waals surface area contributed by atoms with Gasteiger partial charge in [-0.1, -0.05) is 25.1 Å². The van der Waals surface area contributed by atoms with Crippen molar-refractivity contribution in [3.8, 4) is 0 Å². The molecule has 1 heterocycles. The Balaban J connectivity index is 1.64. The van der Waals surface area contributed by atoms with Crippen molar-refractivity contribution in [2.24, 2.45) is 10.9 Å². The number of aliphatic imine (C=N–C) groups is 1. The fraction of sp³-hybridized carbons (Fsp3) is 0.900. The average molecular weight is 198 g/mol. The minimum atomic E-state index is 0.756. The number of hydrogen-bond acceptors (Lipinski definition) is 3. The highest BCUT2D eigenvalue weighted by Crippen LogP contribution is 2.29. The van der Waals surface area contributed by atoms with Crippen LogP contribution in [0.2, 0.25) is 0 Å². The largest absolute Gasteiger partial charge is 0.365 e. The summed E-state index contributed by atoms with van der Waals surface area (Å²) in [5.41, 5.74) is 0. The van der Waals surface area contributed by atoms with Crippen LogP contribution in [0.5, 0.6) is 0 Å². The highest BCUT2D eigenvalue weighted by molar-refractivity contribution is 8.14. The van der Waals surface area contributed by atoms with Crippen molar-refractivity contribution in [3.05, 3.63) is 0 Å². The lowest BCUT2D eigenvalue weighted by atomic mass is 10.2. The number of amidine groups is 1. The fourth-order valence-electron chi connectivity index (χ4n) is 1.54. The highest BCUT2D eigenvalue weighted by Gasteiger charge is 2.23. The fourth-order valence-corrected chi connectivity index (χ4v) is 2.67. The van der Waals surface area contributed by atoms with Crippen molar-refractivity contribution in [1.29, 1.82) is 0 Å². The third kappa shape index (κ3) is 2.90. The first-order valence-electron chi connectivity index (χ1n) is 5.33. The topological polar surface area (TPSA) is 24.4 Å². The van der Waals surface area contributed by atoms with E-state index in [9.17, 15) is 0 Å². The van der Waals surface area contributed by atoms with E-state index >= 15 is 0 Å². The molecule has 2 rings (SSSR count). The minimum absolute atomic E-state index is 0.756. The van der Waals surface area contributed by atoms with E-state index in [0.717, 1.165) is 24.3 Å². The summed E-state index contributed by atoms with van der Waals surface area (Å²) in [5, 5.41) is 5.40. The summed E-state index contributed by atoms with van der Waals surface area (Å²) in [6.07, 6.45) is 5.43. The second-order valence-electron chi connectivity index (χ2n) is 4.00. The van der Waals surface area contributed by atoms with Crippen molar-refractivity contribution in [2.45, 2.75) is 37.9 Å². The van der Waals surface area contributed by atoms with Gasteiger partial charge in [0, 0.05) is 11.8 Å². The molecule has 74 valence electrons. The molecule has 0 radical (unpaired) electrons. The van der Waals surface area contributed by atoms with E-state index in [1.807, 2.05) is 11.8 Å². The van der Waals surface area contributed by atoms with Crippen LogP contribution in [-0.4, -0.2) is 23.5 Å². The Kier molecular flexibility index (Phi) is 3.14. The Bertz CT molecular complexity index is 199. The first-order chi connectivity index (χ1) is 6.38. The number of thioether (sulfide) groups is 1. The van der Waals surface area contributed by atoms with E-state index in [0.29, 0.717) is 0 Å². The smallest absolute Gasteiger partial charge is 0.156 e. The Morgan fingerprint density at radius 1 is 1.54 bits per heavy atom.